The van der Waals surface area contributed by atoms with E-state index in [2.05, 4.69) is 10.3 Å². The third-order valence-corrected chi connectivity index (χ3v) is 6.74. The van der Waals surface area contributed by atoms with Crippen LogP contribution in [-0.4, -0.2) is 98.8 Å². The molecule has 2 rings (SSSR count). The Morgan fingerprint density at radius 2 is 1.85 bits per heavy atom. The number of rotatable bonds is 5. The molecule has 0 spiro atoms. The molecule has 2 heterocycles. The number of guanidine groups is 1. The summed E-state index contributed by atoms with van der Waals surface area (Å²) in [6, 6.07) is -1.45. The molecule has 1 unspecified atom stereocenters. The predicted molar refractivity (Wildman–Crippen MR) is 94.6 cm³/mol. The number of sulfonamides is 1. The molecule has 0 aromatic carbocycles. The highest BCUT2D eigenvalue weighted by Crippen LogP contribution is 2.25. The Bertz CT molecular complexity index is 589. The molecule has 7 nitrogen and oxygen atoms in total. The first-order valence-corrected chi connectivity index (χ1v) is 10.6. The molecule has 0 aliphatic carbocycles. The highest BCUT2D eigenvalue weighted by atomic mass is 32.2. The largest absolute Gasteiger partial charge is 0.403 e. The zero-order chi connectivity index (χ0) is 19.4. The van der Waals surface area contributed by atoms with Gasteiger partial charge in [0.05, 0.1) is 12.3 Å². The minimum Gasteiger partial charge on any atom is -0.357 e. The van der Waals surface area contributed by atoms with E-state index >= 15 is 0 Å². The van der Waals surface area contributed by atoms with Crippen molar-refractivity contribution in [3.63, 3.8) is 0 Å². The molecule has 2 aliphatic rings. The van der Waals surface area contributed by atoms with E-state index in [0.29, 0.717) is 64.7 Å². The van der Waals surface area contributed by atoms with E-state index in [0.717, 1.165) is 0 Å². The van der Waals surface area contributed by atoms with Gasteiger partial charge in [0.1, 0.15) is 6.04 Å². The van der Waals surface area contributed by atoms with Crippen molar-refractivity contribution in [1.82, 2.24) is 19.4 Å². The number of piperazine rings is 1. The van der Waals surface area contributed by atoms with Crippen LogP contribution in [0.4, 0.5) is 13.2 Å². The smallest absolute Gasteiger partial charge is 0.357 e. The highest BCUT2D eigenvalue weighted by molar-refractivity contribution is 7.89. The predicted octanol–water partition coefficient (Wildman–Crippen LogP) is 0.556. The number of nitrogens with zero attached hydrogens (tertiary/aromatic N) is 4. The summed E-state index contributed by atoms with van der Waals surface area (Å²) in [5, 5.41) is 3.14. The van der Waals surface area contributed by atoms with Crippen LogP contribution < -0.4 is 5.32 Å². The molecule has 0 aromatic rings. The first kappa shape index (κ1) is 21.2. The van der Waals surface area contributed by atoms with Gasteiger partial charge in [-0.2, -0.15) is 13.2 Å². The second-order valence-electron chi connectivity index (χ2n) is 6.54. The molecule has 0 amide bonds. The third-order valence-electron chi connectivity index (χ3n) is 4.78. The molecule has 11 heteroatoms. The molecule has 1 N–H and O–H groups in total. The first-order chi connectivity index (χ1) is 12.1. The maximum Gasteiger partial charge on any atom is 0.403 e. The summed E-state index contributed by atoms with van der Waals surface area (Å²) in [5.41, 5.74) is 0. The van der Waals surface area contributed by atoms with Gasteiger partial charge in [-0.05, 0) is 20.3 Å². The Morgan fingerprint density at radius 3 is 2.35 bits per heavy atom. The van der Waals surface area contributed by atoms with Gasteiger partial charge in [-0.15, -0.1) is 0 Å². The van der Waals surface area contributed by atoms with Gasteiger partial charge in [0.15, 0.2) is 5.96 Å². The van der Waals surface area contributed by atoms with E-state index < -0.39 is 22.2 Å². The summed E-state index contributed by atoms with van der Waals surface area (Å²) < 4.78 is 63.6. The van der Waals surface area contributed by atoms with E-state index in [4.69, 9.17) is 0 Å². The topological polar surface area (TPSA) is 68.2 Å². The average molecular weight is 399 g/mol. The van der Waals surface area contributed by atoms with Gasteiger partial charge in [-0.25, -0.2) is 12.7 Å². The molecule has 0 saturated carbocycles. The number of hydrogen-bond acceptors (Lipinski definition) is 4. The van der Waals surface area contributed by atoms with E-state index in [9.17, 15) is 21.6 Å². The van der Waals surface area contributed by atoms with Gasteiger partial charge < -0.3 is 10.2 Å². The molecule has 0 bridgehead atoms. The lowest BCUT2D eigenvalue weighted by Crippen LogP contribution is -2.56. The lowest BCUT2D eigenvalue weighted by molar-refractivity contribution is -0.181. The van der Waals surface area contributed by atoms with E-state index in [1.807, 2.05) is 11.8 Å². The molecule has 0 aromatic heterocycles. The van der Waals surface area contributed by atoms with Gasteiger partial charge >= 0.3 is 6.18 Å². The van der Waals surface area contributed by atoms with E-state index in [1.54, 1.807) is 0 Å². The van der Waals surface area contributed by atoms with Crippen LogP contribution in [0.25, 0.3) is 0 Å². The van der Waals surface area contributed by atoms with Crippen molar-refractivity contribution in [3.8, 4) is 0 Å². The zero-order valence-corrected chi connectivity index (χ0v) is 16.1. The monoisotopic (exact) mass is 399 g/mol. The van der Waals surface area contributed by atoms with Gasteiger partial charge in [-0.3, -0.25) is 9.89 Å². The Labute approximate surface area is 153 Å². The molecule has 2 fully saturated rings. The fourth-order valence-electron chi connectivity index (χ4n) is 3.16. The Morgan fingerprint density at radius 1 is 1.19 bits per heavy atom. The van der Waals surface area contributed by atoms with Crippen LogP contribution in [0.2, 0.25) is 0 Å². The highest BCUT2D eigenvalue weighted by Gasteiger charge is 2.41. The maximum atomic E-state index is 12.8. The number of hydrogen-bond donors (Lipinski definition) is 1. The number of alkyl halides is 3. The van der Waals surface area contributed by atoms with Crippen LogP contribution in [-0.2, 0) is 10.0 Å². The molecule has 152 valence electrons. The zero-order valence-electron chi connectivity index (χ0n) is 15.3. The quantitative estimate of drug-likeness (QED) is 0.540. The number of nitrogens with one attached hydrogen (secondary N) is 1. The van der Waals surface area contributed by atoms with Crippen molar-refractivity contribution in [2.24, 2.45) is 4.99 Å². The van der Waals surface area contributed by atoms with Crippen molar-refractivity contribution >= 4 is 16.0 Å². The third kappa shape index (κ3) is 5.46. The summed E-state index contributed by atoms with van der Waals surface area (Å²) >= 11 is 0. The summed E-state index contributed by atoms with van der Waals surface area (Å²) in [5.74, 6) is 0.819. The minimum atomic E-state index is -4.22. The second kappa shape index (κ2) is 8.75. The molecular formula is C15H28F3N5O2S. The van der Waals surface area contributed by atoms with Gasteiger partial charge in [0.25, 0.3) is 0 Å². The molecule has 1 atom stereocenters. The average Bonchev–Trinajstić information content (AvgIpc) is 2.91. The summed E-state index contributed by atoms with van der Waals surface area (Å²) in [7, 11) is -3.14. The van der Waals surface area contributed by atoms with E-state index in [1.165, 1.54) is 16.1 Å². The number of halogens is 3. The molecule has 0 radical (unpaired) electrons. The molecular weight excluding hydrogens is 371 g/mol. The van der Waals surface area contributed by atoms with Crippen LogP contribution in [0.5, 0.6) is 0 Å². The van der Waals surface area contributed by atoms with Gasteiger partial charge in [0, 0.05) is 45.8 Å². The van der Waals surface area contributed by atoms with Gasteiger partial charge in [-0.1, -0.05) is 0 Å². The van der Waals surface area contributed by atoms with Crippen molar-refractivity contribution in [2.75, 3.05) is 58.1 Å². The Hall–Kier alpha value is -1.07. The fourth-order valence-corrected chi connectivity index (χ4v) is 4.68. The first-order valence-electron chi connectivity index (χ1n) is 8.97. The maximum absolute atomic E-state index is 12.8. The van der Waals surface area contributed by atoms with E-state index in [-0.39, 0.29) is 5.75 Å². The van der Waals surface area contributed by atoms with Crippen LogP contribution >= 0.6 is 0 Å². The Balaban J connectivity index is 1.89. The SMILES string of the molecule is CCNC(=NCCN1CCCS1(=O)=O)N1CCN(C(C)C(F)(F)F)CC1. The minimum absolute atomic E-state index is 0.191. The van der Waals surface area contributed by atoms with Crippen LogP contribution in [0.3, 0.4) is 0 Å². The van der Waals surface area contributed by atoms with Crippen LogP contribution in [0.1, 0.15) is 20.3 Å². The van der Waals surface area contributed by atoms with Gasteiger partial charge in [0.2, 0.25) is 10.0 Å². The summed E-state index contributed by atoms with van der Waals surface area (Å²) in [4.78, 5) is 7.83. The summed E-state index contributed by atoms with van der Waals surface area (Å²) in [6.45, 7) is 6.47. The fraction of sp³-hybridized carbons (Fsp3) is 0.933. The van der Waals surface area contributed by atoms with Crippen molar-refractivity contribution in [2.45, 2.75) is 32.5 Å². The second-order valence-corrected chi connectivity index (χ2v) is 8.63. The lowest BCUT2D eigenvalue weighted by Gasteiger charge is -2.39. The van der Waals surface area contributed by atoms with Crippen molar-refractivity contribution in [1.29, 1.82) is 0 Å². The normalized spacial score (nSPS) is 24.0. The lowest BCUT2D eigenvalue weighted by atomic mass is 10.2. The molecule has 2 saturated heterocycles. The standard InChI is InChI=1S/C15H28F3N5O2S/c1-3-19-14(20-5-7-23-6-4-12-26(23,24)25)22-10-8-21(9-11-22)13(2)15(16,17)18/h13H,3-12H2,1-2H3,(H,19,20). The van der Waals surface area contributed by atoms with Crippen molar-refractivity contribution in [3.05, 3.63) is 0 Å². The van der Waals surface area contributed by atoms with Crippen LogP contribution in [0, 0.1) is 0 Å². The molecule has 2 aliphatic heterocycles. The number of aliphatic imine (C=N–C) groups is 1. The summed E-state index contributed by atoms with van der Waals surface area (Å²) in [6.07, 6.45) is -3.58. The Kier molecular flexibility index (Phi) is 7.14. The van der Waals surface area contributed by atoms with Crippen LogP contribution in [0.15, 0.2) is 4.99 Å². The van der Waals surface area contributed by atoms with Crippen molar-refractivity contribution < 1.29 is 21.6 Å². The molecule has 26 heavy (non-hydrogen) atoms.